The molecule has 0 unspecified atom stereocenters. The molecule has 0 saturated carbocycles. The summed E-state index contributed by atoms with van der Waals surface area (Å²) in [5.41, 5.74) is 9.56. The maximum atomic E-state index is 9.06. The molecule has 2 N–H and O–H groups in total. The lowest BCUT2D eigenvalue weighted by molar-refractivity contribution is 0.682. The van der Waals surface area contributed by atoms with Gasteiger partial charge in [0.2, 0.25) is 0 Å². The summed E-state index contributed by atoms with van der Waals surface area (Å²) < 4.78 is 1.70. The SMILES string of the molecule is CCc1nn(Cc2ccc(C)cc2)c(N)c1C#N. The first-order chi connectivity index (χ1) is 8.65. The van der Waals surface area contributed by atoms with Gasteiger partial charge in [0.1, 0.15) is 17.5 Å². The molecule has 0 amide bonds. The van der Waals surface area contributed by atoms with Crippen molar-refractivity contribution in [1.82, 2.24) is 9.78 Å². The van der Waals surface area contributed by atoms with Crippen molar-refractivity contribution < 1.29 is 0 Å². The number of aryl methyl sites for hydroxylation is 2. The van der Waals surface area contributed by atoms with Gasteiger partial charge in [0, 0.05) is 0 Å². The Balaban J connectivity index is 2.32. The Labute approximate surface area is 107 Å². The van der Waals surface area contributed by atoms with E-state index in [1.807, 2.05) is 19.1 Å². The first-order valence-electron chi connectivity index (χ1n) is 5.96. The number of nitriles is 1. The fraction of sp³-hybridized carbons (Fsp3) is 0.286. The van der Waals surface area contributed by atoms with Gasteiger partial charge >= 0.3 is 0 Å². The van der Waals surface area contributed by atoms with Crippen molar-refractivity contribution in [3.63, 3.8) is 0 Å². The largest absolute Gasteiger partial charge is 0.383 e. The maximum Gasteiger partial charge on any atom is 0.140 e. The molecule has 0 saturated heterocycles. The average molecular weight is 240 g/mol. The zero-order valence-electron chi connectivity index (χ0n) is 10.6. The number of nitrogens with zero attached hydrogens (tertiary/aromatic N) is 3. The number of anilines is 1. The van der Waals surface area contributed by atoms with E-state index in [9.17, 15) is 0 Å². The molecule has 92 valence electrons. The van der Waals surface area contributed by atoms with Crippen molar-refractivity contribution in [3.8, 4) is 6.07 Å². The molecule has 4 nitrogen and oxygen atoms in total. The van der Waals surface area contributed by atoms with E-state index in [4.69, 9.17) is 11.0 Å². The molecule has 18 heavy (non-hydrogen) atoms. The summed E-state index contributed by atoms with van der Waals surface area (Å²) >= 11 is 0. The minimum atomic E-state index is 0.454. The first-order valence-corrected chi connectivity index (χ1v) is 5.96. The van der Waals surface area contributed by atoms with E-state index in [0.717, 1.165) is 11.3 Å². The van der Waals surface area contributed by atoms with Crippen LogP contribution in [0.15, 0.2) is 24.3 Å². The summed E-state index contributed by atoms with van der Waals surface area (Å²) in [6.45, 7) is 4.62. The topological polar surface area (TPSA) is 67.6 Å². The standard InChI is InChI=1S/C14H16N4/c1-3-13-12(8-15)14(16)18(17-13)9-11-6-4-10(2)5-7-11/h4-7H,3,9,16H2,1-2H3. The molecule has 1 aromatic carbocycles. The van der Waals surface area contributed by atoms with E-state index in [2.05, 4.69) is 30.2 Å². The van der Waals surface area contributed by atoms with Crippen molar-refractivity contribution in [2.24, 2.45) is 0 Å². The summed E-state index contributed by atoms with van der Waals surface area (Å²) in [5, 5.41) is 13.4. The van der Waals surface area contributed by atoms with Crippen molar-refractivity contribution in [2.75, 3.05) is 5.73 Å². The number of aromatic nitrogens is 2. The Bertz CT molecular complexity index is 587. The molecule has 2 rings (SSSR count). The van der Waals surface area contributed by atoms with Gasteiger partial charge in [-0.25, -0.2) is 4.68 Å². The lowest BCUT2D eigenvalue weighted by atomic mass is 10.1. The molecule has 2 aromatic rings. The van der Waals surface area contributed by atoms with Gasteiger partial charge in [0.05, 0.1) is 12.2 Å². The molecule has 0 aliphatic heterocycles. The predicted molar refractivity (Wildman–Crippen MR) is 71.0 cm³/mol. The molecule has 1 heterocycles. The molecule has 0 bridgehead atoms. The zero-order valence-corrected chi connectivity index (χ0v) is 10.6. The van der Waals surface area contributed by atoms with Gasteiger partial charge in [-0.3, -0.25) is 0 Å². The number of rotatable bonds is 3. The lowest BCUT2D eigenvalue weighted by Gasteiger charge is -2.04. The van der Waals surface area contributed by atoms with Crippen LogP contribution in [0.25, 0.3) is 0 Å². The average Bonchev–Trinajstić information content (AvgIpc) is 2.68. The predicted octanol–water partition coefficient (Wildman–Crippen LogP) is 2.26. The van der Waals surface area contributed by atoms with Crippen LogP contribution < -0.4 is 5.73 Å². The van der Waals surface area contributed by atoms with Crippen molar-refractivity contribution in [2.45, 2.75) is 26.8 Å². The third kappa shape index (κ3) is 2.21. The van der Waals surface area contributed by atoms with Gasteiger partial charge in [-0.05, 0) is 18.9 Å². The van der Waals surface area contributed by atoms with Crippen molar-refractivity contribution >= 4 is 5.82 Å². The van der Waals surface area contributed by atoms with Crippen LogP contribution in [0.4, 0.5) is 5.82 Å². The van der Waals surface area contributed by atoms with Crippen molar-refractivity contribution in [3.05, 3.63) is 46.6 Å². The van der Waals surface area contributed by atoms with Crippen LogP contribution in [0.3, 0.4) is 0 Å². The van der Waals surface area contributed by atoms with Crippen molar-refractivity contribution in [1.29, 1.82) is 5.26 Å². The molecule has 0 aliphatic rings. The molecule has 1 aromatic heterocycles. The van der Waals surface area contributed by atoms with Crippen LogP contribution in [-0.4, -0.2) is 9.78 Å². The quantitative estimate of drug-likeness (QED) is 0.894. The van der Waals surface area contributed by atoms with Crippen LogP contribution in [0, 0.1) is 18.3 Å². The number of hydrogen-bond donors (Lipinski definition) is 1. The molecule has 0 atom stereocenters. The number of benzene rings is 1. The molecular weight excluding hydrogens is 224 g/mol. The van der Waals surface area contributed by atoms with E-state index in [1.165, 1.54) is 5.56 Å². The minimum Gasteiger partial charge on any atom is -0.383 e. The highest BCUT2D eigenvalue weighted by atomic mass is 15.3. The highest BCUT2D eigenvalue weighted by Gasteiger charge is 2.13. The summed E-state index contributed by atoms with van der Waals surface area (Å²) in [5.74, 6) is 0.454. The van der Waals surface area contributed by atoms with Gasteiger partial charge < -0.3 is 5.73 Å². The van der Waals surface area contributed by atoms with Crippen LogP contribution in [0.2, 0.25) is 0 Å². The fourth-order valence-corrected chi connectivity index (χ4v) is 1.88. The summed E-state index contributed by atoms with van der Waals surface area (Å²) in [6, 6.07) is 10.3. The molecule has 0 radical (unpaired) electrons. The molecule has 4 heteroatoms. The number of nitrogen functional groups attached to an aromatic ring is 1. The molecule has 0 aliphatic carbocycles. The minimum absolute atomic E-state index is 0.454. The van der Waals surface area contributed by atoms with Gasteiger partial charge in [-0.2, -0.15) is 10.4 Å². The Morgan fingerprint density at radius 3 is 2.50 bits per heavy atom. The zero-order chi connectivity index (χ0) is 13.1. The second-order valence-electron chi connectivity index (χ2n) is 4.32. The normalized spacial score (nSPS) is 10.3. The van der Waals surface area contributed by atoms with E-state index in [0.29, 0.717) is 24.3 Å². The third-order valence-corrected chi connectivity index (χ3v) is 2.96. The second kappa shape index (κ2) is 4.92. The summed E-state index contributed by atoms with van der Waals surface area (Å²) in [4.78, 5) is 0. The van der Waals surface area contributed by atoms with Gasteiger partial charge in [0.25, 0.3) is 0 Å². The number of hydrogen-bond acceptors (Lipinski definition) is 3. The third-order valence-electron chi connectivity index (χ3n) is 2.96. The Hall–Kier alpha value is -2.28. The van der Waals surface area contributed by atoms with Crippen LogP contribution >= 0.6 is 0 Å². The first kappa shape index (κ1) is 12.2. The highest BCUT2D eigenvalue weighted by Crippen LogP contribution is 2.17. The molecule has 0 spiro atoms. The van der Waals surface area contributed by atoms with Gasteiger partial charge in [0.15, 0.2) is 0 Å². The summed E-state index contributed by atoms with van der Waals surface area (Å²) in [6.07, 6.45) is 0.716. The van der Waals surface area contributed by atoms with Crippen LogP contribution in [0.1, 0.15) is 29.3 Å². The molecular formula is C14H16N4. The van der Waals surface area contributed by atoms with Gasteiger partial charge in [-0.15, -0.1) is 0 Å². The monoisotopic (exact) mass is 240 g/mol. The van der Waals surface area contributed by atoms with E-state index < -0.39 is 0 Å². The fourth-order valence-electron chi connectivity index (χ4n) is 1.88. The van der Waals surface area contributed by atoms with E-state index >= 15 is 0 Å². The van der Waals surface area contributed by atoms with Gasteiger partial charge in [-0.1, -0.05) is 36.8 Å². The van der Waals surface area contributed by atoms with E-state index in [-0.39, 0.29) is 0 Å². The van der Waals surface area contributed by atoms with Crippen LogP contribution in [0.5, 0.6) is 0 Å². The second-order valence-corrected chi connectivity index (χ2v) is 4.32. The lowest BCUT2D eigenvalue weighted by Crippen LogP contribution is -2.06. The van der Waals surface area contributed by atoms with E-state index in [1.54, 1.807) is 4.68 Å². The Kier molecular flexibility index (Phi) is 3.33. The summed E-state index contributed by atoms with van der Waals surface area (Å²) in [7, 11) is 0. The molecule has 0 fully saturated rings. The van der Waals surface area contributed by atoms with Crippen LogP contribution in [-0.2, 0) is 13.0 Å². The Morgan fingerprint density at radius 2 is 2.00 bits per heavy atom. The Morgan fingerprint density at radius 1 is 1.33 bits per heavy atom. The number of nitrogens with two attached hydrogens (primary N) is 1. The highest BCUT2D eigenvalue weighted by molar-refractivity contribution is 5.52. The smallest absolute Gasteiger partial charge is 0.140 e. The maximum absolute atomic E-state index is 9.06.